The van der Waals surface area contributed by atoms with E-state index in [-0.39, 0.29) is 11.9 Å². The fourth-order valence-electron chi connectivity index (χ4n) is 6.04. The molecule has 2 saturated carbocycles. The molecule has 2 aliphatic carbocycles. The number of hydrogen-bond donors (Lipinski definition) is 0. The van der Waals surface area contributed by atoms with Crippen molar-refractivity contribution >= 4 is 5.97 Å². The molecule has 0 aromatic carbocycles. The molecule has 0 radical (unpaired) electrons. The van der Waals surface area contributed by atoms with Crippen LogP contribution in [0.3, 0.4) is 0 Å². The van der Waals surface area contributed by atoms with Gasteiger partial charge < -0.3 is 4.74 Å². The third-order valence-corrected chi connectivity index (χ3v) is 7.65. The van der Waals surface area contributed by atoms with Gasteiger partial charge in [-0.25, -0.2) is 0 Å². The van der Waals surface area contributed by atoms with Gasteiger partial charge in [-0.1, -0.05) is 37.8 Å². The van der Waals surface area contributed by atoms with Gasteiger partial charge in [0.2, 0.25) is 0 Å². The normalized spacial score (nSPS) is 46.6. The molecule has 0 aromatic heterocycles. The average molecular weight is 332 g/mol. The number of carbonyl (C=O) groups excluding carboxylic acids is 1. The standard InChI is InChI=1S/C21H33NO2/c1-14-6-5-8-16(22(14)2)10-11-18-17-9-4-3-7-15(17)12-19-20(18)13-24-21(19)23/h10-11,14-20H,3-9,12-13H2,1-2H3. The van der Waals surface area contributed by atoms with E-state index in [1.54, 1.807) is 0 Å². The number of nitrogens with zero attached hydrogens (tertiary/aromatic N) is 1. The Morgan fingerprint density at radius 3 is 2.75 bits per heavy atom. The minimum absolute atomic E-state index is 0.0887. The second-order valence-electron chi connectivity index (χ2n) is 8.82. The maximum Gasteiger partial charge on any atom is 0.309 e. The molecule has 0 amide bonds. The van der Waals surface area contributed by atoms with Gasteiger partial charge in [0.15, 0.2) is 0 Å². The minimum atomic E-state index is 0.0887. The first-order chi connectivity index (χ1) is 11.6. The second kappa shape index (κ2) is 6.82. The SMILES string of the molecule is CC1CCCC(C=CC2C3CCCCC3CC3C(=O)OCC32)N1C. The summed E-state index contributed by atoms with van der Waals surface area (Å²) in [6, 6.07) is 1.26. The van der Waals surface area contributed by atoms with Crippen LogP contribution in [0, 0.1) is 29.6 Å². The topological polar surface area (TPSA) is 29.5 Å². The number of esters is 1. The van der Waals surface area contributed by atoms with Crippen molar-refractivity contribution in [3.05, 3.63) is 12.2 Å². The van der Waals surface area contributed by atoms with Gasteiger partial charge in [-0.3, -0.25) is 9.69 Å². The Hall–Kier alpha value is -0.830. The van der Waals surface area contributed by atoms with Crippen molar-refractivity contribution in [2.45, 2.75) is 70.4 Å². The van der Waals surface area contributed by atoms with Gasteiger partial charge in [0.25, 0.3) is 0 Å². The number of cyclic esters (lactones) is 1. The zero-order valence-electron chi connectivity index (χ0n) is 15.3. The predicted octanol–water partition coefficient (Wildman–Crippen LogP) is 4.03. The smallest absolute Gasteiger partial charge is 0.309 e. The summed E-state index contributed by atoms with van der Waals surface area (Å²) in [5.74, 6) is 2.82. The summed E-state index contributed by atoms with van der Waals surface area (Å²) < 4.78 is 5.48. The molecule has 0 aromatic rings. The molecular formula is C21H33NO2. The maximum absolute atomic E-state index is 12.2. The monoisotopic (exact) mass is 331 g/mol. The fraction of sp³-hybridized carbons (Fsp3) is 0.857. The van der Waals surface area contributed by atoms with Gasteiger partial charge in [-0.15, -0.1) is 0 Å². The quantitative estimate of drug-likeness (QED) is 0.565. The van der Waals surface area contributed by atoms with Crippen molar-refractivity contribution in [1.82, 2.24) is 4.90 Å². The minimum Gasteiger partial charge on any atom is -0.465 e. The third-order valence-electron chi connectivity index (χ3n) is 7.65. The number of likely N-dealkylation sites (N-methyl/N-ethyl adjacent to an activating group) is 1. The molecule has 0 N–H and O–H groups in total. The Kier molecular flexibility index (Phi) is 4.73. The largest absolute Gasteiger partial charge is 0.465 e. The van der Waals surface area contributed by atoms with E-state index in [4.69, 9.17) is 4.74 Å². The molecule has 2 aliphatic heterocycles. The van der Waals surface area contributed by atoms with E-state index < -0.39 is 0 Å². The molecular weight excluding hydrogens is 298 g/mol. The first-order valence-electron chi connectivity index (χ1n) is 10.2. The van der Waals surface area contributed by atoms with Gasteiger partial charge in [-0.2, -0.15) is 0 Å². The lowest BCUT2D eigenvalue weighted by atomic mass is 9.58. The van der Waals surface area contributed by atoms with E-state index in [0.717, 1.165) is 18.3 Å². The summed E-state index contributed by atoms with van der Waals surface area (Å²) in [7, 11) is 2.27. The third kappa shape index (κ3) is 2.94. The van der Waals surface area contributed by atoms with Crippen molar-refractivity contribution in [2.75, 3.05) is 13.7 Å². The number of piperidine rings is 1. The summed E-state index contributed by atoms with van der Waals surface area (Å²) in [5, 5.41) is 0. The molecule has 4 fully saturated rings. The Morgan fingerprint density at radius 2 is 1.88 bits per heavy atom. The summed E-state index contributed by atoms with van der Waals surface area (Å²) in [6.07, 6.45) is 15.4. The molecule has 134 valence electrons. The Bertz CT molecular complexity index is 502. The predicted molar refractivity (Wildman–Crippen MR) is 95.5 cm³/mol. The highest BCUT2D eigenvalue weighted by Gasteiger charge is 2.50. The maximum atomic E-state index is 12.2. The molecule has 2 heterocycles. The van der Waals surface area contributed by atoms with E-state index in [1.165, 1.54) is 44.9 Å². The van der Waals surface area contributed by atoms with E-state index in [1.807, 2.05) is 0 Å². The van der Waals surface area contributed by atoms with Crippen LogP contribution < -0.4 is 0 Å². The molecule has 4 rings (SSSR count). The lowest BCUT2D eigenvalue weighted by Gasteiger charge is -2.45. The summed E-state index contributed by atoms with van der Waals surface area (Å²) in [6.45, 7) is 3.01. The lowest BCUT2D eigenvalue weighted by molar-refractivity contribution is -0.142. The highest BCUT2D eigenvalue weighted by molar-refractivity contribution is 5.75. The number of likely N-dealkylation sites (tertiary alicyclic amines) is 1. The molecule has 24 heavy (non-hydrogen) atoms. The molecule has 0 bridgehead atoms. The van der Waals surface area contributed by atoms with Gasteiger partial charge >= 0.3 is 5.97 Å². The molecule has 7 atom stereocenters. The zero-order chi connectivity index (χ0) is 16.7. The van der Waals surface area contributed by atoms with Gasteiger partial charge in [0, 0.05) is 18.0 Å². The van der Waals surface area contributed by atoms with Crippen molar-refractivity contribution in [3.8, 4) is 0 Å². The van der Waals surface area contributed by atoms with Crippen LogP contribution in [0.15, 0.2) is 12.2 Å². The highest BCUT2D eigenvalue weighted by Crippen LogP contribution is 2.51. The number of ether oxygens (including phenoxy) is 1. The van der Waals surface area contributed by atoms with Crippen LogP contribution in [0.4, 0.5) is 0 Å². The van der Waals surface area contributed by atoms with E-state index in [2.05, 4.69) is 31.0 Å². The molecule has 3 nitrogen and oxygen atoms in total. The van der Waals surface area contributed by atoms with E-state index in [0.29, 0.717) is 30.5 Å². The van der Waals surface area contributed by atoms with Gasteiger partial charge in [-0.05, 0) is 57.4 Å². The first-order valence-corrected chi connectivity index (χ1v) is 10.2. The van der Waals surface area contributed by atoms with Gasteiger partial charge in [0.05, 0.1) is 12.5 Å². The van der Waals surface area contributed by atoms with Crippen LogP contribution in [0.5, 0.6) is 0 Å². The Morgan fingerprint density at radius 1 is 1.04 bits per heavy atom. The van der Waals surface area contributed by atoms with Crippen LogP contribution >= 0.6 is 0 Å². The number of hydrogen-bond acceptors (Lipinski definition) is 3. The molecule has 3 heteroatoms. The van der Waals surface area contributed by atoms with Crippen molar-refractivity contribution in [2.24, 2.45) is 29.6 Å². The van der Waals surface area contributed by atoms with Crippen molar-refractivity contribution in [1.29, 1.82) is 0 Å². The summed E-state index contributed by atoms with van der Waals surface area (Å²) >= 11 is 0. The van der Waals surface area contributed by atoms with Gasteiger partial charge in [0.1, 0.15) is 0 Å². The molecule has 0 spiro atoms. The second-order valence-corrected chi connectivity index (χ2v) is 8.82. The van der Waals surface area contributed by atoms with Crippen molar-refractivity contribution in [3.63, 3.8) is 0 Å². The molecule has 2 saturated heterocycles. The number of allylic oxidation sites excluding steroid dienone is 1. The molecule has 4 aliphatic rings. The average Bonchev–Trinajstić information content (AvgIpc) is 2.96. The van der Waals surface area contributed by atoms with Crippen LogP contribution in [-0.2, 0) is 9.53 Å². The van der Waals surface area contributed by atoms with E-state index in [9.17, 15) is 4.79 Å². The lowest BCUT2D eigenvalue weighted by Crippen LogP contribution is -2.43. The van der Waals surface area contributed by atoms with Crippen LogP contribution in [0.25, 0.3) is 0 Å². The number of rotatable bonds is 2. The summed E-state index contributed by atoms with van der Waals surface area (Å²) in [5.41, 5.74) is 0. The van der Waals surface area contributed by atoms with Crippen LogP contribution in [0.1, 0.15) is 58.3 Å². The zero-order valence-corrected chi connectivity index (χ0v) is 15.3. The number of fused-ring (bicyclic) bond motifs is 2. The summed E-state index contributed by atoms with van der Waals surface area (Å²) in [4.78, 5) is 14.7. The van der Waals surface area contributed by atoms with Crippen LogP contribution in [0.2, 0.25) is 0 Å². The van der Waals surface area contributed by atoms with Crippen molar-refractivity contribution < 1.29 is 9.53 Å². The fourth-order valence-corrected chi connectivity index (χ4v) is 6.04. The highest BCUT2D eigenvalue weighted by atomic mass is 16.5. The van der Waals surface area contributed by atoms with Crippen LogP contribution in [-0.4, -0.2) is 36.6 Å². The first kappa shape index (κ1) is 16.6. The number of carbonyl (C=O) groups is 1. The van der Waals surface area contributed by atoms with E-state index >= 15 is 0 Å². The molecule has 7 unspecified atom stereocenters. The Balaban J connectivity index is 1.54. The Labute approximate surface area is 146 Å².